The van der Waals surface area contributed by atoms with Gasteiger partial charge in [-0.2, -0.15) is 0 Å². The fourth-order valence-electron chi connectivity index (χ4n) is 3.09. The van der Waals surface area contributed by atoms with Crippen molar-refractivity contribution in [1.82, 2.24) is 0 Å². The van der Waals surface area contributed by atoms with Gasteiger partial charge in [0, 0.05) is 22.2 Å². The number of aryl methyl sites for hydroxylation is 1. The highest BCUT2D eigenvalue weighted by Crippen LogP contribution is 2.25. The van der Waals surface area contributed by atoms with Crippen molar-refractivity contribution < 1.29 is 13.2 Å². The first-order chi connectivity index (χ1) is 15.1. The Bertz CT molecular complexity index is 1170. The first-order valence-electron chi connectivity index (χ1n) is 10.1. The number of hydrogen-bond donors (Lipinski definition) is 2. The molecule has 0 atom stereocenters. The molecule has 0 radical (unpaired) electrons. The summed E-state index contributed by atoms with van der Waals surface area (Å²) >= 11 is 11.8. The Labute approximate surface area is 198 Å². The van der Waals surface area contributed by atoms with Crippen molar-refractivity contribution in [3.8, 4) is 0 Å². The van der Waals surface area contributed by atoms with Gasteiger partial charge in [0.05, 0.1) is 10.6 Å². The van der Waals surface area contributed by atoms with Crippen molar-refractivity contribution in [2.75, 3.05) is 10.0 Å². The molecule has 0 heterocycles. The summed E-state index contributed by atoms with van der Waals surface area (Å²) in [4.78, 5) is 12.3. The number of sulfonamides is 1. The molecule has 0 bridgehead atoms. The van der Waals surface area contributed by atoms with E-state index >= 15 is 0 Å². The third-order valence-corrected chi connectivity index (χ3v) is 6.68. The van der Waals surface area contributed by atoms with E-state index in [1.54, 1.807) is 12.1 Å². The van der Waals surface area contributed by atoms with Crippen LogP contribution in [0.5, 0.6) is 0 Å². The van der Waals surface area contributed by atoms with E-state index in [-0.39, 0.29) is 16.5 Å². The monoisotopic (exact) mass is 490 g/mol. The van der Waals surface area contributed by atoms with Gasteiger partial charge < -0.3 is 5.32 Å². The van der Waals surface area contributed by atoms with E-state index in [0.717, 1.165) is 5.56 Å². The third kappa shape index (κ3) is 6.73. The van der Waals surface area contributed by atoms with Crippen molar-refractivity contribution >= 4 is 50.5 Å². The lowest BCUT2D eigenvalue weighted by molar-refractivity contribution is -0.116. The number of halogens is 2. The maximum atomic E-state index is 12.6. The van der Waals surface area contributed by atoms with Gasteiger partial charge in [0.15, 0.2) is 0 Å². The zero-order valence-corrected chi connectivity index (χ0v) is 20.1. The molecule has 3 aromatic rings. The van der Waals surface area contributed by atoms with Crippen LogP contribution >= 0.6 is 23.2 Å². The quantitative estimate of drug-likeness (QED) is 0.378. The number of rotatable bonds is 8. The largest absolute Gasteiger partial charge is 0.326 e. The summed E-state index contributed by atoms with van der Waals surface area (Å²) < 4.78 is 27.6. The van der Waals surface area contributed by atoms with Crippen LogP contribution in [0, 0.1) is 0 Å². The summed E-state index contributed by atoms with van der Waals surface area (Å²) in [6.45, 7) is 4.28. The molecule has 0 saturated heterocycles. The summed E-state index contributed by atoms with van der Waals surface area (Å²) in [5.41, 5.74) is 3.15. The molecule has 0 aliphatic rings. The fourth-order valence-corrected chi connectivity index (χ4v) is 4.66. The van der Waals surface area contributed by atoms with Gasteiger partial charge in [0.25, 0.3) is 10.0 Å². The van der Waals surface area contributed by atoms with Crippen LogP contribution in [-0.4, -0.2) is 14.3 Å². The lowest BCUT2D eigenvalue weighted by Crippen LogP contribution is -2.14. The molecule has 8 heteroatoms. The van der Waals surface area contributed by atoms with Gasteiger partial charge in [-0.05, 0) is 65.9 Å². The van der Waals surface area contributed by atoms with E-state index in [4.69, 9.17) is 23.2 Å². The lowest BCUT2D eigenvalue weighted by atomic mass is 10.0. The van der Waals surface area contributed by atoms with Gasteiger partial charge in [0.1, 0.15) is 0 Å². The van der Waals surface area contributed by atoms with Crippen molar-refractivity contribution in [2.45, 2.75) is 37.5 Å². The molecule has 2 N–H and O–H groups in total. The average Bonchev–Trinajstić information content (AvgIpc) is 2.72. The van der Waals surface area contributed by atoms with Crippen molar-refractivity contribution in [2.24, 2.45) is 0 Å². The number of carbonyl (C=O) groups is 1. The minimum absolute atomic E-state index is 0.0526. The Morgan fingerprint density at radius 1 is 0.875 bits per heavy atom. The van der Waals surface area contributed by atoms with E-state index in [1.807, 2.05) is 12.1 Å². The second-order valence-electron chi connectivity index (χ2n) is 7.73. The molecule has 5 nitrogen and oxygen atoms in total. The Hall–Kier alpha value is -2.54. The van der Waals surface area contributed by atoms with Gasteiger partial charge in [0.2, 0.25) is 5.91 Å². The summed E-state index contributed by atoms with van der Waals surface area (Å²) in [5, 5.41) is 3.44. The molecule has 32 heavy (non-hydrogen) atoms. The van der Waals surface area contributed by atoms with Crippen molar-refractivity contribution in [1.29, 1.82) is 0 Å². The maximum Gasteiger partial charge on any atom is 0.261 e. The number of carbonyl (C=O) groups excluding carboxylic acids is 1. The minimum atomic E-state index is -3.83. The van der Waals surface area contributed by atoms with Crippen molar-refractivity contribution in [3.63, 3.8) is 0 Å². The Morgan fingerprint density at radius 3 is 2.03 bits per heavy atom. The molecule has 0 saturated carbocycles. The van der Waals surface area contributed by atoms with Crippen molar-refractivity contribution in [3.05, 3.63) is 87.9 Å². The van der Waals surface area contributed by atoms with Crippen LogP contribution in [0.3, 0.4) is 0 Å². The molecule has 0 unspecified atom stereocenters. The molecular formula is C24H24Cl2N2O3S. The van der Waals surface area contributed by atoms with Crippen LogP contribution < -0.4 is 10.0 Å². The summed E-state index contributed by atoms with van der Waals surface area (Å²) in [5.74, 6) is 0.331. The Morgan fingerprint density at radius 2 is 1.47 bits per heavy atom. The molecule has 1 amide bonds. The highest BCUT2D eigenvalue weighted by atomic mass is 35.5. The average molecular weight is 491 g/mol. The predicted octanol–water partition coefficient (Wildman–Crippen LogP) is 6.49. The highest BCUT2D eigenvalue weighted by Gasteiger charge is 2.15. The molecular weight excluding hydrogens is 467 g/mol. The Balaban J connectivity index is 1.58. The molecule has 0 spiro atoms. The van der Waals surface area contributed by atoms with Crippen LogP contribution in [0.4, 0.5) is 11.4 Å². The molecule has 0 fully saturated rings. The van der Waals surface area contributed by atoms with E-state index in [1.165, 1.54) is 35.9 Å². The van der Waals surface area contributed by atoms with E-state index in [0.29, 0.717) is 34.5 Å². The summed E-state index contributed by atoms with van der Waals surface area (Å²) in [6.07, 6.45) is 0.959. The topological polar surface area (TPSA) is 75.3 Å². The second-order valence-corrected chi connectivity index (χ2v) is 10.3. The smallest absolute Gasteiger partial charge is 0.261 e. The van der Waals surface area contributed by atoms with Gasteiger partial charge in [-0.3, -0.25) is 9.52 Å². The highest BCUT2D eigenvalue weighted by molar-refractivity contribution is 7.92. The number of benzene rings is 3. The minimum Gasteiger partial charge on any atom is -0.326 e. The molecule has 3 aromatic carbocycles. The summed E-state index contributed by atoms with van der Waals surface area (Å²) in [6, 6.07) is 18.7. The molecule has 3 rings (SSSR count). The SMILES string of the molecule is CC(C)c1ccc(CCC(=O)Nc2ccc(S(=O)(=O)Nc3cc(Cl)cc(Cl)c3)cc2)cc1. The zero-order valence-electron chi connectivity index (χ0n) is 17.7. The zero-order chi connectivity index (χ0) is 23.3. The normalized spacial score (nSPS) is 11.4. The van der Waals surface area contributed by atoms with Crippen LogP contribution in [0.25, 0.3) is 0 Å². The molecule has 0 aliphatic heterocycles. The maximum absolute atomic E-state index is 12.6. The number of amides is 1. The van der Waals surface area contributed by atoms with Crippen LogP contribution in [0.15, 0.2) is 71.6 Å². The summed E-state index contributed by atoms with van der Waals surface area (Å²) in [7, 11) is -3.83. The standard InChI is InChI=1S/C24H24Cl2N2O3S/c1-16(2)18-6-3-17(4-7-18)5-12-24(29)27-21-8-10-23(11-9-21)32(30,31)28-22-14-19(25)13-20(26)15-22/h3-4,6-11,13-16,28H,5,12H2,1-2H3,(H,27,29). The molecule has 168 valence electrons. The van der Waals surface area contributed by atoms with Gasteiger partial charge in [-0.25, -0.2) is 8.42 Å². The first kappa shape index (κ1) is 24.1. The van der Waals surface area contributed by atoms with Gasteiger partial charge in [-0.15, -0.1) is 0 Å². The van der Waals surface area contributed by atoms with E-state index < -0.39 is 10.0 Å². The second kappa shape index (κ2) is 10.4. The van der Waals surface area contributed by atoms with E-state index in [2.05, 4.69) is 36.0 Å². The van der Waals surface area contributed by atoms with Crippen LogP contribution in [-0.2, 0) is 21.2 Å². The number of nitrogens with one attached hydrogen (secondary N) is 2. The lowest BCUT2D eigenvalue weighted by Gasteiger charge is -2.10. The number of anilines is 2. The van der Waals surface area contributed by atoms with Gasteiger partial charge in [-0.1, -0.05) is 61.3 Å². The van der Waals surface area contributed by atoms with Crippen LogP contribution in [0.1, 0.15) is 37.3 Å². The van der Waals surface area contributed by atoms with Gasteiger partial charge >= 0.3 is 0 Å². The number of hydrogen-bond acceptors (Lipinski definition) is 3. The van der Waals surface area contributed by atoms with Crippen LogP contribution in [0.2, 0.25) is 10.0 Å². The predicted molar refractivity (Wildman–Crippen MR) is 131 cm³/mol. The molecule has 0 aliphatic carbocycles. The Kier molecular flexibility index (Phi) is 7.82. The first-order valence-corrected chi connectivity index (χ1v) is 12.3. The van der Waals surface area contributed by atoms with E-state index in [9.17, 15) is 13.2 Å². The fraction of sp³-hybridized carbons (Fsp3) is 0.208. The molecule has 0 aromatic heterocycles. The third-order valence-electron chi connectivity index (χ3n) is 4.85.